The summed E-state index contributed by atoms with van der Waals surface area (Å²) in [4.78, 5) is 49.5. The van der Waals surface area contributed by atoms with E-state index in [1.54, 1.807) is 57.5 Å². The number of anilines is 2. The van der Waals surface area contributed by atoms with Gasteiger partial charge in [0.2, 0.25) is 5.95 Å². The number of H-pyrrole nitrogens is 1. The van der Waals surface area contributed by atoms with E-state index in [9.17, 15) is 14.4 Å². The Morgan fingerprint density at radius 3 is 2.53 bits per heavy atom. The van der Waals surface area contributed by atoms with Crippen LogP contribution in [0.2, 0.25) is 0 Å². The number of benzene rings is 2. The Balaban J connectivity index is 1.68. The van der Waals surface area contributed by atoms with E-state index < -0.39 is 0 Å². The van der Waals surface area contributed by atoms with Crippen LogP contribution in [-0.4, -0.2) is 61.7 Å². The predicted molar refractivity (Wildman–Crippen MR) is 129 cm³/mol. The van der Waals surface area contributed by atoms with Crippen molar-refractivity contribution in [3.63, 3.8) is 0 Å². The Morgan fingerprint density at radius 1 is 1.15 bits per heavy atom. The molecule has 1 aliphatic rings. The number of urea groups is 1. The molecule has 2 heterocycles. The summed E-state index contributed by atoms with van der Waals surface area (Å²) in [6.07, 6.45) is 0.576. The summed E-state index contributed by atoms with van der Waals surface area (Å²) >= 11 is 0. The summed E-state index contributed by atoms with van der Waals surface area (Å²) in [6.45, 7) is 2.39. The SMILES string of the molecule is CCc1c(OC)c(OC)cc2nc(N(C)Cc3cccc(N4C(=O)CN(C)C4=O)c3)[nH]c(=O)c12. The van der Waals surface area contributed by atoms with Gasteiger partial charge in [0.05, 0.1) is 30.8 Å². The first kappa shape index (κ1) is 23.1. The fourth-order valence-corrected chi connectivity index (χ4v) is 4.24. The van der Waals surface area contributed by atoms with Gasteiger partial charge < -0.3 is 19.3 Å². The average Bonchev–Trinajstić information content (AvgIpc) is 3.08. The van der Waals surface area contributed by atoms with Crippen LogP contribution in [0.5, 0.6) is 11.5 Å². The molecular weight excluding hydrogens is 438 g/mol. The number of fused-ring (bicyclic) bond motifs is 1. The van der Waals surface area contributed by atoms with Gasteiger partial charge in [-0.2, -0.15) is 0 Å². The van der Waals surface area contributed by atoms with Crippen LogP contribution >= 0.6 is 0 Å². The van der Waals surface area contributed by atoms with Crippen molar-refractivity contribution in [1.29, 1.82) is 0 Å². The van der Waals surface area contributed by atoms with Gasteiger partial charge in [0.1, 0.15) is 6.54 Å². The number of rotatable bonds is 7. The first-order valence-electron chi connectivity index (χ1n) is 10.8. The molecule has 10 heteroatoms. The molecule has 1 N–H and O–H groups in total. The first-order chi connectivity index (χ1) is 16.3. The number of aromatic nitrogens is 2. The third-order valence-electron chi connectivity index (χ3n) is 5.87. The number of carbonyl (C=O) groups is 2. The molecule has 0 bridgehead atoms. The van der Waals surface area contributed by atoms with E-state index in [4.69, 9.17) is 9.47 Å². The zero-order valence-electron chi connectivity index (χ0n) is 19.8. The minimum absolute atomic E-state index is 0.0548. The van der Waals surface area contributed by atoms with Gasteiger partial charge in [-0.1, -0.05) is 19.1 Å². The van der Waals surface area contributed by atoms with Crippen molar-refractivity contribution in [3.8, 4) is 11.5 Å². The third-order valence-corrected chi connectivity index (χ3v) is 5.87. The summed E-state index contributed by atoms with van der Waals surface area (Å²) in [5, 5.41) is 0.467. The Bertz CT molecular complexity index is 1340. The number of ether oxygens (including phenoxy) is 2. The Labute approximate surface area is 196 Å². The Kier molecular flexibility index (Phi) is 6.14. The lowest BCUT2D eigenvalue weighted by molar-refractivity contribution is -0.116. The number of hydrogen-bond acceptors (Lipinski definition) is 7. The number of amides is 3. The average molecular weight is 466 g/mol. The molecule has 0 aliphatic carbocycles. The van der Waals surface area contributed by atoms with Gasteiger partial charge in [0.15, 0.2) is 11.5 Å². The smallest absolute Gasteiger partial charge is 0.331 e. The Morgan fingerprint density at radius 2 is 1.91 bits per heavy atom. The van der Waals surface area contributed by atoms with Gasteiger partial charge in [0, 0.05) is 32.3 Å². The number of aryl methyl sites for hydroxylation is 1. The highest BCUT2D eigenvalue weighted by atomic mass is 16.5. The molecule has 1 aromatic heterocycles. The second-order valence-corrected chi connectivity index (χ2v) is 8.12. The van der Waals surface area contributed by atoms with Crippen molar-refractivity contribution >= 4 is 34.5 Å². The first-order valence-corrected chi connectivity index (χ1v) is 10.8. The van der Waals surface area contributed by atoms with Gasteiger partial charge in [0.25, 0.3) is 11.5 Å². The quantitative estimate of drug-likeness (QED) is 0.534. The van der Waals surface area contributed by atoms with Crippen molar-refractivity contribution in [2.24, 2.45) is 0 Å². The van der Waals surface area contributed by atoms with Gasteiger partial charge in [-0.25, -0.2) is 14.7 Å². The van der Waals surface area contributed by atoms with Gasteiger partial charge >= 0.3 is 6.03 Å². The molecule has 0 radical (unpaired) electrons. The number of nitrogens with one attached hydrogen (secondary N) is 1. The molecule has 1 aliphatic heterocycles. The van der Waals surface area contributed by atoms with Gasteiger partial charge in [-0.3, -0.25) is 14.6 Å². The highest BCUT2D eigenvalue weighted by molar-refractivity contribution is 6.19. The summed E-state index contributed by atoms with van der Waals surface area (Å²) in [6, 6.07) is 8.53. The number of likely N-dealkylation sites (N-methyl/N-ethyl adjacent to an activating group) is 1. The van der Waals surface area contributed by atoms with Crippen LogP contribution in [0.15, 0.2) is 35.1 Å². The molecule has 3 amide bonds. The van der Waals surface area contributed by atoms with Gasteiger partial charge in [-0.05, 0) is 24.1 Å². The second-order valence-electron chi connectivity index (χ2n) is 8.12. The van der Waals surface area contributed by atoms with Crippen LogP contribution in [0.3, 0.4) is 0 Å². The molecular formula is C24H27N5O5. The van der Waals surface area contributed by atoms with Crippen LogP contribution < -0.4 is 24.8 Å². The summed E-state index contributed by atoms with van der Waals surface area (Å²) < 4.78 is 10.9. The van der Waals surface area contributed by atoms with Crippen LogP contribution in [-0.2, 0) is 17.8 Å². The van der Waals surface area contributed by atoms with Crippen molar-refractivity contribution in [2.45, 2.75) is 19.9 Å². The fraction of sp³-hybridized carbons (Fsp3) is 0.333. The van der Waals surface area contributed by atoms with E-state index in [0.29, 0.717) is 47.0 Å². The number of imide groups is 1. The van der Waals surface area contributed by atoms with Crippen LogP contribution in [0, 0.1) is 0 Å². The van der Waals surface area contributed by atoms with E-state index in [2.05, 4.69) is 9.97 Å². The van der Waals surface area contributed by atoms with E-state index in [0.717, 1.165) is 11.1 Å². The zero-order chi connectivity index (χ0) is 24.6. The summed E-state index contributed by atoms with van der Waals surface area (Å²) in [5.41, 5.74) is 2.33. The lowest BCUT2D eigenvalue weighted by atomic mass is 10.0. The van der Waals surface area contributed by atoms with Crippen LogP contribution in [0.25, 0.3) is 10.9 Å². The minimum atomic E-state index is -0.355. The van der Waals surface area contributed by atoms with Crippen LogP contribution in [0.1, 0.15) is 18.1 Å². The maximum atomic E-state index is 13.0. The lowest BCUT2D eigenvalue weighted by Gasteiger charge is -2.21. The van der Waals surface area contributed by atoms with Crippen molar-refractivity contribution < 1.29 is 19.1 Å². The second kappa shape index (κ2) is 9.05. The number of nitrogens with zero attached hydrogens (tertiary/aromatic N) is 4. The summed E-state index contributed by atoms with van der Waals surface area (Å²) in [5.74, 6) is 1.15. The van der Waals surface area contributed by atoms with E-state index in [-0.39, 0.29) is 24.0 Å². The zero-order valence-corrected chi connectivity index (χ0v) is 19.8. The normalized spacial score (nSPS) is 13.7. The number of carbonyl (C=O) groups excluding carboxylic acids is 2. The Hall–Kier alpha value is -4.08. The van der Waals surface area contributed by atoms with E-state index >= 15 is 0 Å². The minimum Gasteiger partial charge on any atom is -0.493 e. The van der Waals surface area contributed by atoms with Gasteiger partial charge in [-0.15, -0.1) is 0 Å². The van der Waals surface area contributed by atoms with E-state index in [1.807, 2.05) is 13.0 Å². The van der Waals surface area contributed by atoms with Crippen molar-refractivity contribution in [1.82, 2.24) is 14.9 Å². The molecule has 34 heavy (non-hydrogen) atoms. The molecule has 0 saturated carbocycles. The maximum Gasteiger partial charge on any atom is 0.331 e. The highest BCUT2D eigenvalue weighted by Gasteiger charge is 2.34. The monoisotopic (exact) mass is 465 g/mol. The molecule has 0 unspecified atom stereocenters. The fourth-order valence-electron chi connectivity index (χ4n) is 4.24. The number of hydrogen-bond donors (Lipinski definition) is 1. The molecule has 0 spiro atoms. The highest BCUT2D eigenvalue weighted by Crippen LogP contribution is 2.36. The number of aromatic amines is 1. The molecule has 178 valence electrons. The van der Waals surface area contributed by atoms with Crippen LogP contribution in [0.4, 0.5) is 16.4 Å². The third kappa shape index (κ3) is 3.91. The molecule has 0 atom stereocenters. The molecule has 1 saturated heterocycles. The molecule has 2 aromatic carbocycles. The lowest BCUT2D eigenvalue weighted by Crippen LogP contribution is -2.31. The molecule has 10 nitrogen and oxygen atoms in total. The standard InChI is InChI=1S/C24H27N5O5/c1-6-16-20-17(11-18(33-4)21(16)34-5)25-23(26-22(20)31)27(2)12-14-8-7-9-15(10-14)29-19(30)13-28(3)24(29)32/h7-11H,6,12-13H2,1-5H3,(H,25,26,31). The molecule has 3 aromatic rings. The molecule has 1 fully saturated rings. The number of methoxy groups -OCH3 is 2. The van der Waals surface area contributed by atoms with E-state index in [1.165, 1.54) is 9.80 Å². The maximum absolute atomic E-state index is 13.0. The molecule has 4 rings (SSSR count). The largest absolute Gasteiger partial charge is 0.493 e. The predicted octanol–water partition coefficient (Wildman–Crippen LogP) is 2.54. The summed E-state index contributed by atoms with van der Waals surface area (Å²) in [7, 11) is 6.48. The van der Waals surface area contributed by atoms with Crippen molar-refractivity contribution in [2.75, 3.05) is 44.7 Å². The topological polar surface area (TPSA) is 108 Å². The van der Waals surface area contributed by atoms with Crippen molar-refractivity contribution in [3.05, 3.63) is 51.8 Å².